The second-order valence-electron chi connectivity index (χ2n) is 4.17. The lowest BCUT2D eigenvalue weighted by atomic mass is 9.95. The van der Waals surface area contributed by atoms with Crippen molar-refractivity contribution >= 4 is 24.5 Å². The molecule has 0 fully saturated rings. The van der Waals surface area contributed by atoms with Crippen molar-refractivity contribution in [1.29, 1.82) is 10.5 Å². The number of azo groups is 1. The molecule has 0 amide bonds. The van der Waals surface area contributed by atoms with E-state index in [4.69, 9.17) is 20.7 Å². The Morgan fingerprint density at radius 2 is 1.23 bits per heavy atom. The lowest BCUT2D eigenvalue weighted by Crippen LogP contribution is -2.39. The molecule has 0 aliphatic carbocycles. The molecule has 10 heteroatoms. The molecule has 0 heterocycles. The van der Waals surface area contributed by atoms with E-state index in [0.29, 0.717) is 12.6 Å². The summed E-state index contributed by atoms with van der Waals surface area (Å²) >= 11 is 0. The highest BCUT2D eigenvalue weighted by Gasteiger charge is 2.44. The first kappa shape index (κ1) is 18.9. The Kier molecular flexibility index (Phi) is 7.04. The predicted octanol–water partition coefficient (Wildman–Crippen LogP) is 0.0908. The Hall–Kier alpha value is -3.14. The van der Waals surface area contributed by atoms with Crippen LogP contribution < -0.4 is 0 Å². The third kappa shape index (κ3) is 4.18. The second-order valence-corrected chi connectivity index (χ2v) is 4.17. The van der Waals surface area contributed by atoms with Crippen molar-refractivity contribution in [1.82, 2.24) is 0 Å². The van der Waals surface area contributed by atoms with Crippen LogP contribution in [-0.2, 0) is 19.2 Å². The van der Waals surface area contributed by atoms with Crippen molar-refractivity contribution < 1.29 is 29.4 Å². The molecule has 0 spiro atoms. The summed E-state index contributed by atoms with van der Waals surface area (Å²) in [5.41, 5.74) is -4.95. The van der Waals surface area contributed by atoms with Gasteiger partial charge in [0.1, 0.15) is 24.7 Å². The number of hydrogen-bond donors (Lipinski definition) is 2. The van der Waals surface area contributed by atoms with Crippen LogP contribution in [0.4, 0.5) is 0 Å². The molecule has 0 bridgehead atoms. The van der Waals surface area contributed by atoms with Gasteiger partial charge in [0.25, 0.3) is 11.1 Å². The van der Waals surface area contributed by atoms with E-state index in [1.54, 1.807) is 0 Å². The number of carboxylic acids is 2. The fourth-order valence-electron chi connectivity index (χ4n) is 1.36. The standard InChI is InChI=1S/C12H12N4O6/c13-7-11(9(19)20,3-1-5-17)15-16-12(8-14,10(21)22)4-2-6-18/h5-6H,1-4H2,(H,19,20)(H,21,22). The van der Waals surface area contributed by atoms with Crippen molar-refractivity contribution in [3.8, 4) is 12.1 Å². The van der Waals surface area contributed by atoms with Crippen LogP contribution >= 0.6 is 0 Å². The van der Waals surface area contributed by atoms with Gasteiger partial charge in [-0.25, -0.2) is 9.59 Å². The maximum absolute atomic E-state index is 11.2. The SMILES string of the molecule is N#CC(CCC=O)(N=NC(C#N)(CCC=O)C(=O)O)C(=O)O. The van der Waals surface area contributed by atoms with Crippen molar-refractivity contribution in [2.24, 2.45) is 10.2 Å². The highest BCUT2D eigenvalue weighted by atomic mass is 16.4. The Morgan fingerprint density at radius 1 is 0.909 bits per heavy atom. The van der Waals surface area contributed by atoms with E-state index in [9.17, 15) is 19.2 Å². The molecular weight excluding hydrogens is 296 g/mol. The summed E-state index contributed by atoms with van der Waals surface area (Å²) in [5, 5.41) is 42.5. The van der Waals surface area contributed by atoms with E-state index < -0.39 is 35.9 Å². The van der Waals surface area contributed by atoms with E-state index in [1.165, 1.54) is 12.1 Å². The highest BCUT2D eigenvalue weighted by Crippen LogP contribution is 2.24. The molecule has 2 atom stereocenters. The minimum Gasteiger partial charge on any atom is -0.479 e. The molecule has 0 saturated carbocycles. The van der Waals surface area contributed by atoms with Crippen molar-refractivity contribution in [2.45, 2.75) is 36.8 Å². The summed E-state index contributed by atoms with van der Waals surface area (Å²) in [6.45, 7) is 0. The number of carboxylic acid groups (broad SMARTS) is 2. The van der Waals surface area contributed by atoms with E-state index in [-0.39, 0.29) is 12.8 Å². The number of carbonyl (C=O) groups excluding carboxylic acids is 2. The van der Waals surface area contributed by atoms with Crippen LogP contribution in [0.1, 0.15) is 25.7 Å². The first-order valence-electron chi connectivity index (χ1n) is 5.94. The van der Waals surface area contributed by atoms with E-state index in [1.807, 2.05) is 0 Å². The quantitative estimate of drug-likeness (QED) is 0.420. The molecule has 0 aliphatic rings. The molecular formula is C12H12N4O6. The number of aliphatic carboxylic acids is 2. The van der Waals surface area contributed by atoms with Gasteiger partial charge in [-0.2, -0.15) is 20.8 Å². The predicted molar refractivity (Wildman–Crippen MR) is 67.4 cm³/mol. The number of rotatable bonds is 10. The summed E-state index contributed by atoms with van der Waals surface area (Å²) < 4.78 is 0. The number of carbonyl (C=O) groups is 4. The average Bonchev–Trinajstić information content (AvgIpc) is 2.50. The Bertz CT molecular complexity index is 525. The van der Waals surface area contributed by atoms with Gasteiger partial charge in [-0.05, 0) is 0 Å². The van der Waals surface area contributed by atoms with Crippen molar-refractivity contribution in [2.75, 3.05) is 0 Å². The van der Waals surface area contributed by atoms with Gasteiger partial charge in [-0.1, -0.05) is 0 Å². The van der Waals surface area contributed by atoms with Crippen LogP contribution in [0.25, 0.3) is 0 Å². The van der Waals surface area contributed by atoms with Gasteiger partial charge < -0.3 is 19.8 Å². The molecule has 2 N–H and O–H groups in total. The van der Waals surface area contributed by atoms with Crippen LogP contribution in [0.5, 0.6) is 0 Å². The van der Waals surface area contributed by atoms with Gasteiger partial charge in [-0.15, -0.1) is 0 Å². The van der Waals surface area contributed by atoms with Gasteiger partial charge in [0.05, 0.1) is 0 Å². The topological polar surface area (TPSA) is 181 Å². The lowest BCUT2D eigenvalue weighted by Gasteiger charge is -2.18. The molecule has 0 radical (unpaired) electrons. The van der Waals surface area contributed by atoms with Crippen molar-refractivity contribution in [3.05, 3.63) is 0 Å². The van der Waals surface area contributed by atoms with E-state index in [0.717, 1.165) is 0 Å². The molecule has 0 aromatic rings. The molecule has 0 saturated heterocycles. The first-order valence-corrected chi connectivity index (χ1v) is 5.94. The lowest BCUT2D eigenvalue weighted by molar-refractivity contribution is -0.143. The molecule has 0 aromatic carbocycles. The summed E-state index contributed by atoms with van der Waals surface area (Å²) in [5.74, 6) is -3.46. The third-order valence-corrected chi connectivity index (χ3v) is 2.72. The number of aldehydes is 2. The molecule has 2 unspecified atom stereocenters. The number of hydrogen-bond acceptors (Lipinski definition) is 8. The van der Waals surface area contributed by atoms with Crippen LogP contribution in [0, 0.1) is 22.7 Å². The van der Waals surface area contributed by atoms with Crippen LogP contribution in [0.2, 0.25) is 0 Å². The monoisotopic (exact) mass is 308 g/mol. The Balaban J connectivity index is 5.77. The maximum Gasteiger partial charge on any atom is 0.348 e. The first-order chi connectivity index (χ1) is 10.3. The summed E-state index contributed by atoms with van der Waals surface area (Å²) in [7, 11) is 0. The molecule has 116 valence electrons. The third-order valence-electron chi connectivity index (χ3n) is 2.72. The molecule has 22 heavy (non-hydrogen) atoms. The highest BCUT2D eigenvalue weighted by molar-refractivity contribution is 5.84. The largest absolute Gasteiger partial charge is 0.479 e. The van der Waals surface area contributed by atoms with Crippen LogP contribution in [-0.4, -0.2) is 45.8 Å². The molecule has 0 aromatic heterocycles. The maximum atomic E-state index is 11.2. The zero-order chi connectivity index (χ0) is 17.2. The number of nitriles is 2. The Labute approximate surface area is 124 Å². The summed E-state index contributed by atoms with van der Waals surface area (Å²) in [6, 6.07) is 2.70. The normalized spacial score (nSPS) is 15.7. The zero-order valence-corrected chi connectivity index (χ0v) is 11.3. The van der Waals surface area contributed by atoms with Gasteiger partial charge in [0, 0.05) is 25.7 Å². The fourth-order valence-corrected chi connectivity index (χ4v) is 1.36. The summed E-state index contributed by atoms with van der Waals surface area (Å²) in [4.78, 5) is 43.0. The minimum absolute atomic E-state index is 0.320. The van der Waals surface area contributed by atoms with Gasteiger partial charge in [0.15, 0.2) is 0 Å². The minimum atomic E-state index is -2.47. The van der Waals surface area contributed by atoms with Gasteiger partial charge >= 0.3 is 11.9 Å². The van der Waals surface area contributed by atoms with E-state index in [2.05, 4.69) is 10.2 Å². The van der Waals surface area contributed by atoms with Gasteiger partial charge in [-0.3, -0.25) is 0 Å². The average molecular weight is 308 g/mol. The van der Waals surface area contributed by atoms with E-state index >= 15 is 0 Å². The van der Waals surface area contributed by atoms with Crippen LogP contribution in [0.3, 0.4) is 0 Å². The zero-order valence-electron chi connectivity index (χ0n) is 11.3. The molecule has 0 aliphatic heterocycles. The molecule has 0 rings (SSSR count). The second kappa shape index (κ2) is 8.21. The van der Waals surface area contributed by atoms with Crippen LogP contribution in [0.15, 0.2) is 10.2 Å². The number of nitrogens with zero attached hydrogens (tertiary/aromatic N) is 4. The Morgan fingerprint density at radius 3 is 1.41 bits per heavy atom. The summed E-state index contributed by atoms with van der Waals surface area (Å²) in [6.07, 6.45) is -0.960. The van der Waals surface area contributed by atoms with Crippen molar-refractivity contribution in [3.63, 3.8) is 0 Å². The van der Waals surface area contributed by atoms with Gasteiger partial charge in [0.2, 0.25) is 0 Å². The smallest absolute Gasteiger partial charge is 0.348 e. The molecule has 10 nitrogen and oxygen atoms in total. The fraction of sp³-hybridized carbons (Fsp3) is 0.500.